The highest BCUT2D eigenvalue weighted by atomic mass is 15.3. The summed E-state index contributed by atoms with van der Waals surface area (Å²) in [4.78, 5) is 8.56. The first-order valence-corrected chi connectivity index (χ1v) is 6.70. The third-order valence-electron chi connectivity index (χ3n) is 4.03. The van der Waals surface area contributed by atoms with Crippen molar-refractivity contribution in [3.63, 3.8) is 0 Å². The van der Waals surface area contributed by atoms with Gasteiger partial charge in [0.15, 0.2) is 0 Å². The molecule has 0 bridgehead atoms. The zero-order valence-corrected chi connectivity index (χ0v) is 10.2. The average molecular weight is 221 g/mol. The van der Waals surface area contributed by atoms with E-state index in [1.165, 1.54) is 58.3 Å². The van der Waals surface area contributed by atoms with Crippen LogP contribution in [0.3, 0.4) is 0 Å². The Morgan fingerprint density at radius 1 is 1.00 bits per heavy atom. The van der Waals surface area contributed by atoms with Crippen molar-refractivity contribution in [2.75, 3.05) is 39.3 Å². The molecular weight excluding hydrogens is 198 g/mol. The molecule has 0 radical (unpaired) electrons. The van der Waals surface area contributed by atoms with E-state index in [-0.39, 0.29) is 0 Å². The van der Waals surface area contributed by atoms with Crippen LogP contribution in [0.4, 0.5) is 0 Å². The van der Waals surface area contributed by atoms with Gasteiger partial charge in [-0.3, -0.25) is 9.80 Å². The molecule has 0 aromatic carbocycles. The van der Waals surface area contributed by atoms with Gasteiger partial charge in [-0.05, 0) is 12.8 Å². The first-order valence-electron chi connectivity index (χ1n) is 6.70. The third-order valence-corrected chi connectivity index (χ3v) is 4.03. The number of hydrogen-bond acceptors (Lipinski definition) is 2. The fraction of sp³-hybridized carbons (Fsp3) is 0.923. The normalized spacial score (nSPS) is 25.4. The third kappa shape index (κ3) is 3.20. The van der Waals surface area contributed by atoms with Crippen molar-refractivity contribution in [2.45, 2.75) is 38.1 Å². The van der Waals surface area contributed by atoms with E-state index >= 15 is 0 Å². The van der Waals surface area contributed by atoms with Gasteiger partial charge in [0.25, 0.3) is 0 Å². The van der Waals surface area contributed by atoms with Crippen molar-refractivity contribution < 1.29 is 0 Å². The highest BCUT2D eigenvalue weighted by molar-refractivity contribution is 4.81. The molecule has 0 spiro atoms. The summed E-state index contributed by atoms with van der Waals surface area (Å²) in [5, 5.41) is 0. The van der Waals surface area contributed by atoms with Crippen LogP contribution >= 0.6 is 0 Å². The number of nitrogens with zero attached hydrogens (tertiary/aromatic N) is 3. The van der Waals surface area contributed by atoms with Crippen molar-refractivity contribution in [3.05, 3.63) is 11.4 Å². The number of piperazine rings is 1. The summed E-state index contributed by atoms with van der Waals surface area (Å²) in [6.07, 6.45) is 7.15. The monoisotopic (exact) mass is 221 g/mol. The van der Waals surface area contributed by atoms with Gasteiger partial charge in [0, 0.05) is 32.2 Å². The fourth-order valence-corrected chi connectivity index (χ4v) is 2.99. The van der Waals surface area contributed by atoms with Crippen LogP contribution in [0.25, 0.3) is 4.85 Å². The van der Waals surface area contributed by atoms with Crippen LogP contribution < -0.4 is 0 Å². The van der Waals surface area contributed by atoms with Crippen molar-refractivity contribution in [1.82, 2.24) is 9.80 Å². The maximum Gasteiger partial charge on any atom is 0.227 e. The second-order valence-electron chi connectivity index (χ2n) is 5.05. The molecule has 0 unspecified atom stereocenters. The summed E-state index contributed by atoms with van der Waals surface area (Å²) in [6, 6.07) is 0.872. The minimum atomic E-state index is 0.670. The SMILES string of the molecule is [C-]#[N+]CCN1CCN(C2CCCCC2)CC1. The Bertz CT molecular complexity index is 232. The summed E-state index contributed by atoms with van der Waals surface area (Å²) in [5.41, 5.74) is 0. The lowest BCUT2D eigenvalue weighted by Gasteiger charge is -2.40. The Hall–Kier alpha value is -0.590. The first kappa shape index (κ1) is 11.9. The quantitative estimate of drug-likeness (QED) is 0.674. The van der Waals surface area contributed by atoms with Crippen LogP contribution in [-0.4, -0.2) is 55.1 Å². The Labute approximate surface area is 99.2 Å². The molecule has 1 heterocycles. The molecule has 0 atom stereocenters. The van der Waals surface area contributed by atoms with Gasteiger partial charge in [-0.15, -0.1) is 0 Å². The van der Waals surface area contributed by atoms with Gasteiger partial charge in [0.05, 0.1) is 6.54 Å². The van der Waals surface area contributed by atoms with E-state index in [1.807, 2.05) is 0 Å². The van der Waals surface area contributed by atoms with E-state index in [2.05, 4.69) is 14.6 Å². The Kier molecular flexibility index (Phi) is 4.62. The van der Waals surface area contributed by atoms with Gasteiger partial charge >= 0.3 is 0 Å². The van der Waals surface area contributed by atoms with Crippen LogP contribution in [0, 0.1) is 6.57 Å². The predicted molar refractivity (Wildman–Crippen MR) is 66.4 cm³/mol. The van der Waals surface area contributed by atoms with Crippen molar-refractivity contribution in [1.29, 1.82) is 0 Å². The summed E-state index contributed by atoms with van der Waals surface area (Å²) in [7, 11) is 0. The van der Waals surface area contributed by atoms with Gasteiger partial charge in [-0.2, -0.15) is 0 Å². The number of rotatable bonds is 3. The molecular formula is C13H23N3. The van der Waals surface area contributed by atoms with Crippen LogP contribution in [-0.2, 0) is 0 Å². The maximum atomic E-state index is 6.81. The molecule has 1 aliphatic heterocycles. The van der Waals surface area contributed by atoms with Crippen LogP contribution in [0.15, 0.2) is 0 Å². The Morgan fingerprint density at radius 3 is 2.31 bits per heavy atom. The van der Waals surface area contributed by atoms with Crippen LogP contribution in [0.5, 0.6) is 0 Å². The van der Waals surface area contributed by atoms with E-state index in [4.69, 9.17) is 6.57 Å². The van der Waals surface area contributed by atoms with Gasteiger partial charge in [-0.25, -0.2) is 6.57 Å². The molecule has 2 rings (SSSR count). The zero-order valence-electron chi connectivity index (χ0n) is 10.2. The first-order chi connectivity index (χ1) is 7.90. The molecule has 1 saturated heterocycles. The second kappa shape index (κ2) is 6.22. The largest absolute Gasteiger partial charge is 0.316 e. The van der Waals surface area contributed by atoms with E-state index in [0.29, 0.717) is 6.54 Å². The summed E-state index contributed by atoms with van der Waals surface area (Å²) in [6.45, 7) is 13.2. The van der Waals surface area contributed by atoms with E-state index in [9.17, 15) is 0 Å². The number of hydrogen-bond donors (Lipinski definition) is 0. The van der Waals surface area contributed by atoms with Gasteiger partial charge in [0.2, 0.25) is 6.54 Å². The highest BCUT2D eigenvalue weighted by Crippen LogP contribution is 2.23. The average Bonchev–Trinajstić information content (AvgIpc) is 2.38. The molecule has 16 heavy (non-hydrogen) atoms. The molecule has 0 amide bonds. The zero-order chi connectivity index (χ0) is 11.2. The molecule has 3 heteroatoms. The Morgan fingerprint density at radius 2 is 1.69 bits per heavy atom. The van der Waals surface area contributed by atoms with Gasteiger partial charge < -0.3 is 4.85 Å². The Balaban J connectivity index is 1.70. The molecule has 0 aromatic heterocycles. The van der Waals surface area contributed by atoms with Gasteiger partial charge in [0.1, 0.15) is 0 Å². The highest BCUT2D eigenvalue weighted by Gasteiger charge is 2.24. The lowest BCUT2D eigenvalue weighted by atomic mass is 9.94. The lowest BCUT2D eigenvalue weighted by Crippen LogP contribution is -2.51. The predicted octanol–water partition coefficient (Wildman–Crippen LogP) is 1.86. The molecule has 0 N–H and O–H groups in total. The van der Waals surface area contributed by atoms with Crippen molar-refractivity contribution in [2.24, 2.45) is 0 Å². The molecule has 1 aliphatic carbocycles. The van der Waals surface area contributed by atoms with Gasteiger partial charge in [-0.1, -0.05) is 19.3 Å². The molecule has 2 fully saturated rings. The summed E-state index contributed by atoms with van der Waals surface area (Å²) in [5.74, 6) is 0. The van der Waals surface area contributed by atoms with E-state index < -0.39 is 0 Å². The van der Waals surface area contributed by atoms with Crippen molar-refractivity contribution in [3.8, 4) is 0 Å². The summed E-state index contributed by atoms with van der Waals surface area (Å²) < 4.78 is 0. The second-order valence-corrected chi connectivity index (χ2v) is 5.05. The van der Waals surface area contributed by atoms with Crippen LogP contribution in [0.2, 0.25) is 0 Å². The molecule has 0 aromatic rings. The fourth-order valence-electron chi connectivity index (χ4n) is 2.99. The topological polar surface area (TPSA) is 10.8 Å². The van der Waals surface area contributed by atoms with Crippen LogP contribution in [0.1, 0.15) is 32.1 Å². The maximum absolute atomic E-state index is 6.81. The smallest absolute Gasteiger partial charge is 0.227 e. The van der Waals surface area contributed by atoms with Crippen molar-refractivity contribution >= 4 is 0 Å². The van der Waals surface area contributed by atoms with E-state index in [1.54, 1.807) is 0 Å². The molecule has 90 valence electrons. The molecule has 1 saturated carbocycles. The minimum Gasteiger partial charge on any atom is -0.316 e. The summed E-state index contributed by atoms with van der Waals surface area (Å²) >= 11 is 0. The molecule has 2 aliphatic rings. The minimum absolute atomic E-state index is 0.670. The van der Waals surface area contributed by atoms with E-state index in [0.717, 1.165) is 12.6 Å². The standard InChI is InChI=1S/C13H23N3/c1-14-7-8-15-9-11-16(12-10-15)13-5-3-2-4-6-13/h13H,2-12H2. The molecule has 3 nitrogen and oxygen atoms in total. The lowest BCUT2D eigenvalue weighted by molar-refractivity contribution is 0.0814.